The summed E-state index contributed by atoms with van der Waals surface area (Å²) in [6.07, 6.45) is 8.01. The molecule has 0 radical (unpaired) electrons. The van der Waals surface area contributed by atoms with Gasteiger partial charge in [0.15, 0.2) is 5.69 Å². The van der Waals surface area contributed by atoms with Gasteiger partial charge in [0.1, 0.15) is 0 Å². The van der Waals surface area contributed by atoms with Crippen LogP contribution in [0.3, 0.4) is 0 Å². The Labute approximate surface area is 132 Å². The quantitative estimate of drug-likeness (QED) is 0.929. The summed E-state index contributed by atoms with van der Waals surface area (Å²) in [6.45, 7) is 5.43. The maximum Gasteiger partial charge on any atom is 0.274 e. The zero-order chi connectivity index (χ0) is 15.1. The van der Waals surface area contributed by atoms with E-state index in [0.717, 1.165) is 45.2 Å². The molecule has 1 N–H and O–H groups in total. The average Bonchev–Trinajstić information content (AvgIpc) is 3.27. The molecule has 1 aromatic heterocycles. The van der Waals surface area contributed by atoms with Crippen molar-refractivity contribution in [3.8, 4) is 0 Å². The Bertz CT molecular complexity index is 567. The number of aromatic nitrogens is 2. The van der Waals surface area contributed by atoms with Gasteiger partial charge in [-0.2, -0.15) is 5.10 Å². The smallest absolute Gasteiger partial charge is 0.274 e. The van der Waals surface area contributed by atoms with E-state index in [1.165, 1.54) is 30.6 Å². The molecular weight excluding hydrogens is 276 g/mol. The van der Waals surface area contributed by atoms with Crippen LogP contribution in [-0.4, -0.2) is 57.6 Å². The summed E-state index contributed by atoms with van der Waals surface area (Å²) in [7, 11) is 0. The highest BCUT2D eigenvalue weighted by Gasteiger charge is 2.40. The molecule has 5 nitrogen and oxygen atoms in total. The second-order valence-electron chi connectivity index (χ2n) is 6.93. The third-order valence-corrected chi connectivity index (χ3v) is 5.83. The van der Waals surface area contributed by atoms with Gasteiger partial charge in [0, 0.05) is 29.9 Å². The van der Waals surface area contributed by atoms with E-state index in [-0.39, 0.29) is 5.91 Å². The van der Waals surface area contributed by atoms with E-state index in [1.807, 2.05) is 0 Å². The number of hydrogen-bond acceptors (Lipinski definition) is 3. The number of carbonyl (C=O) groups excluding carboxylic acids is 1. The molecule has 4 rings (SSSR count). The summed E-state index contributed by atoms with van der Waals surface area (Å²) in [6, 6.07) is 0.951. The first-order valence-electron chi connectivity index (χ1n) is 8.90. The first-order chi connectivity index (χ1) is 10.8. The number of likely N-dealkylation sites (tertiary alicyclic amines) is 2. The molecule has 3 heterocycles. The van der Waals surface area contributed by atoms with Gasteiger partial charge in [0.2, 0.25) is 0 Å². The lowest BCUT2D eigenvalue weighted by Crippen LogP contribution is -2.48. The van der Waals surface area contributed by atoms with Crippen LogP contribution in [0.15, 0.2) is 0 Å². The van der Waals surface area contributed by atoms with Gasteiger partial charge in [-0.3, -0.25) is 14.8 Å². The van der Waals surface area contributed by atoms with E-state index < -0.39 is 0 Å². The number of likely N-dealkylation sites (N-methyl/N-ethyl adjacent to an activating group) is 1. The molecule has 0 unspecified atom stereocenters. The number of carbonyl (C=O) groups is 1. The van der Waals surface area contributed by atoms with Gasteiger partial charge in [-0.1, -0.05) is 6.92 Å². The second-order valence-corrected chi connectivity index (χ2v) is 6.93. The number of nitrogens with zero attached hydrogens (tertiary/aromatic N) is 3. The van der Waals surface area contributed by atoms with Gasteiger partial charge >= 0.3 is 0 Å². The second kappa shape index (κ2) is 5.69. The van der Waals surface area contributed by atoms with E-state index >= 15 is 0 Å². The van der Waals surface area contributed by atoms with Crippen molar-refractivity contribution in [3.05, 3.63) is 17.0 Å². The lowest BCUT2D eigenvalue weighted by Gasteiger charge is -2.34. The molecule has 2 fully saturated rings. The molecule has 5 heteroatoms. The zero-order valence-electron chi connectivity index (χ0n) is 13.5. The van der Waals surface area contributed by atoms with E-state index in [9.17, 15) is 4.79 Å². The molecule has 2 aliphatic heterocycles. The maximum absolute atomic E-state index is 13.1. The summed E-state index contributed by atoms with van der Waals surface area (Å²) in [5.41, 5.74) is 3.09. The summed E-state index contributed by atoms with van der Waals surface area (Å²) in [4.78, 5) is 17.7. The molecule has 3 aliphatic rings. The van der Waals surface area contributed by atoms with Crippen molar-refractivity contribution in [2.24, 2.45) is 0 Å². The largest absolute Gasteiger partial charge is 0.333 e. The molecule has 0 bridgehead atoms. The number of rotatable bonds is 3. The number of hydrogen-bond donors (Lipinski definition) is 1. The Morgan fingerprint density at radius 1 is 1.18 bits per heavy atom. The Kier molecular flexibility index (Phi) is 3.68. The Morgan fingerprint density at radius 3 is 2.86 bits per heavy atom. The molecule has 2 saturated heterocycles. The summed E-state index contributed by atoms with van der Waals surface area (Å²) in [5, 5.41) is 7.44. The molecular formula is C17H26N4O. The highest BCUT2D eigenvalue weighted by Crippen LogP contribution is 2.32. The predicted molar refractivity (Wildman–Crippen MR) is 84.9 cm³/mol. The fourth-order valence-corrected chi connectivity index (χ4v) is 4.76. The van der Waals surface area contributed by atoms with E-state index in [2.05, 4.69) is 26.9 Å². The van der Waals surface area contributed by atoms with Gasteiger partial charge < -0.3 is 4.90 Å². The minimum Gasteiger partial charge on any atom is -0.333 e. The van der Waals surface area contributed by atoms with E-state index in [0.29, 0.717) is 17.8 Å². The van der Waals surface area contributed by atoms with Crippen molar-refractivity contribution in [2.45, 2.75) is 64.0 Å². The molecule has 1 aromatic rings. The lowest BCUT2D eigenvalue weighted by atomic mass is 10.0. The van der Waals surface area contributed by atoms with E-state index in [1.54, 1.807) is 0 Å². The van der Waals surface area contributed by atoms with Crippen molar-refractivity contribution in [1.29, 1.82) is 0 Å². The highest BCUT2D eigenvalue weighted by molar-refractivity contribution is 5.94. The molecule has 1 aliphatic carbocycles. The molecule has 0 spiro atoms. The van der Waals surface area contributed by atoms with Crippen LogP contribution in [0.1, 0.15) is 60.8 Å². The van der Waals surface area contributed by atoms with Crippen molar-refractivity contribution in [3.63, 3.8) is 0 Å². The van der Waals surface area contributed by atoms with Gasteiger partial charge in [-0.15, -0.1) is 0 Å². The van der Waals surface area contributed by atoms with Crippen molar-refractivity contribution >= 4 is 5.91 Å². The summed E-state index contributed by atoms with van der Waals surface area (Å²) < 4.78 is 0. The SMILES string of the molecule is CCN1CCC[C@H]1[C@@H]1CCCN1C(=O)c1n[nH]c2c1CCC2. The van der Waals surface area contributed by atoms with Crippen LogP contribution in [0.2, 0.25) is 0 Å². The van der Waals surface area contributed by atoms with Crippen molar-refractivity contribution in [2.75, 3.05) is 19.6 Å². The maximum atomic E-state index is 13.1. The summed E-state index contributed by atoms with van der Waals surface area (Å²) in [5.74, 6) is 0.171. The fourth-order valence-electron chi connectivity index (χ4n) is 4.76. The van der Waals surface area contributed by atoms with Crippen LogP contribution in [-0.2, 0) is 12.8 Å². The highest BCUT2D eigenvalue weighted by atomic mass is 16.2. The van der Waals surface area contributed by atoms with Crippen LogP contribution in [0, 0.1) is 0 Å². The van der Waals surface area contributed by atoms with Crippen molar-refractivity contribution < 1.29 is 4.79 Å². The number of fused-ring (bicyclic) bond motifs is 1. The van der Waals surface area contributed by atoms with E-state index in [4.69, 9.17) is 0 Å². The average molecular weight is 302 g/mol. The Morgan fingerprint density at radius 2 is 2.00 bits per heavy atom. The standard InChI is InChI=1S/C17H26N4O/c1-2-20-10-4-8-14(20)15-9-5-11-21(15)17(22)16-12-6-3-7-13(12)18-19-16/h14-15H,2-11H2,1H3,(H,18,19)/t14-,15-/m0/s1. The Balaban J connectivity index is 1.56. The minimum absolute atomic E-state index is 0.171. The topological polar surface area (TPSA) is 52.2 Å². The third-order valence-electron chi connectivity index (χ3n) is 5.83. The number of aryl methyl sites for hydroxylation is 1. The van der Waals surface area contributed by atoms with Gasteiger partial charge in [0.25, 0.3) is 5.91 Å². The van der Waals surface area contributed by atoms with Crippen LogP contribution in [0.4, 0.5) is 0 Å². The minimum atomic E-state index is 0.171. The number of H-pyrrole nitrogens is 1. The molecule has 120 valence electrons. The van der Waals surface area contributed by atoms with Crippen LogP contribution in [0.5, 0.6) is 0 Å². The molecule has 0 saturated carbocycles. The first-order valence-corrected chi connectivity index (χ1v) is 8.90. The van der Waals surface area contributed by atoms with Crippen LogP contribution in [0.25, 0.3) is 0 Å². The van der Waals surface area contributed by atoms with Crippen LogP contribution < -0.4 is 0 Å². The van der Waals surface area contributed by atoms with Gasteiger partial charge in [-0.05, 0) is 58.0 Å². The summed E-state index contributed by atoms with van der Waals surface area (Å²) >= 11 is 0. The van der Waals surface area contributed by atoms with Crippen molar-refractivity contribution in [1.82, 2.24) is 20.0 Å². The van der Waals surface area contributed by atoms with Gasteiger partial charge in [-0.25, -0.2) is 0 Å². The van der Waals surface area contributed by atoms with Gasteiger partial charge in [0.05, 0.1) is 0 Å². The fraction of sp³-hybridized carbons (Fsp3) is 0.765. The first kappa shape index (κ1) is 14.2. The monoisotopic (exact) mass is 302 g/mol. The number of aromatic amines is 1. The Hall–Kier alpha value is -1.36. The molecule has 22 heavy (non-hydrogen) atoms. The molecule has 1 amide bonds. The number of amides is 1. The molecule has 2 atom stereocenters. The lowest BCUT2D eigenvalue weighted by molar-refractivity contribution is 0.0643. The number of nitrogens with one attached hydrogen (secondary N) is 1. The normalized spacial score (nSPS) is 28.5. The third kappa shape index (κ3) is 2.18. The van der Waals surface area contributed by atoms with Crippen LogP contribution >= 0.6 is 0 Å². The molecule has 0 aromatic carbocycles. The predicted octanol–water partition coefficient (Wildman–Crippen LogP) is 1.99. The zero-order valence-corrected chi connectivity index (χ0v) is 13.5.